The molecule has 8 heteroatoms. The predicted molar refractivity (Wildman–Crippen MR) is 126 cm³/mol. The minimum atomic E-state index is -0.383. The van der Waals surface area contributed by atoms with E-state index < -0.39 is 0 Å². The lowest BCUT2D eigenvalue weighted by Gasteiger charge is -2.18. The van der Waals surface area contributed by atoms with Crippen LogP contribution in [0.1, 0.15) is 65.3 Å². The normalized spacial score (nSPS) is 15.1. The number of anilines is 2. The molecule has 2 aromatic rings. The number of hydrogen-bond donors (Lipinski definition) is 2. The maximum Gasteiger partial charge on any atom is 0.341 e. The van der Waals surface area contributed by atoms with Gasteiger partial charge >= 0.3 is 11.9 Å². The van der Waals surface area contributed by atoms with Crippen LogP contribution in [0, 0.1) is 5.92 Å². The summed E-state index contributed by atoms with van der Waals surface area (Å²) in [6.07, 6.45) is 2.56. The number of nitrogens with one attached hydrogen (secondary N) is 2. The molecule has 1 aromatic carbocycles. The molecule has 1 aliphatic carbocycles. The molecule has 172 valence electrons. The van der Waals surface area contributed by atoms with Gasteiger partial charge in [0.2, 0.25) is 5.91 Å². The van der Waals surface area contributed by atoms with Gasteiger partial charge in [-0.05, 0) is 75.8 Å². The van der Waals surface area contributed by atoms with Crippen LogP contribution in [-0.4, -0.2) is 37.1 Å². The van der Waals surface area contributed by atoms with Crippen molar-refractivity contribution in [2.75, 3.05) is 23.8 Å². The van der Waals surface area contributed by atoms with Gasteiger partial charge in [-0.25, -0.2) is 9.59 Å². The second-order valence-electron chi connectivity index (χ2n) is 8.21. The Morgan fingerprint density at radius 3 is 2.53 bits per heavy atom. The molecule has 0 aliphatic heterocycles. The van der Waals surface area contributed by atoms with Crippen LogP contribution < -0.4 is 10.6 Å². The Morgan fingerprint density at radius 1 is 1.16 bits per heavy atom. The molecule has 32 heavy (non-hydrogen) atoms. The second-order valence-corrected chi connectivity index (χ2v) is 9.31. The second kappa shape index (κ2) is 10.6. The van der Waals surface area contributed by atoms with Gasteiger partial charge < -0.3 is 20.1 Å². The number of amides is 1. The Morgan fingerprint density at radius 2 is 1.88 bits per heavy atom. The Balaban J connectivity index is 1.65. The summed E-state index contributed by atoms with van der Waals surface area (Å²) >= 11 is 1.47. The smallest absolute Gasteiger partial charge is 0.341 e. The van der Waals surface area contributed by atoms with E-state index in [1.807, 2.05) is 0 Å². The predicted octanol–water partition coefficient (Wildman–Crippen LogP) is 4.67. The molecule has 1 aromatic heterocycles. The first-order valence-electron chi connectivity index (χ1n) is 10.9. The lowest BCUT2D eigenvalue weighted by Crippen LogP contribution is -2.23. The van der Waals surface area contributed by atoms with Gasteiger partial charge in [0.05, 0.1) is 30.4 Å². The minimum Gasteiger partial charge on any atom is -0.462 e. The van der Waals surface area contributed by atoms with Crippen LogP contribution in [0.2, 0.25) is 0 Å². The highest BCUT2D eigenvalue weighted by Gasteiger charge is 2.29. The summed E-state index contributed by atoms with van der Waals surface area (Å²) in [5, 5.41) is 6.48. The molecule has 7 nitrogen and oxygen atoms in total. The number of fused-ring (bicyclic) bond motifs is 1. The number of hydrogen-bond acceptors (Lipinski definition) is 7. The Kier molecular flexibility index (Phi) is 7.90. The zero-order valence-corrected chi connectivity index (χ0v) is 19.8. The molecule has 0 saturated carbocycles. The van der Waals surface area contributed by atoms with Crippen molar-refractivity contribution in [2.45, 2.75) is 53.1 Å². The van der Waals surface area contributed by atoms with Crippen LogP contribution in [0.25, 0.3) is 0 Å². The van der Waals surface area contributed by atoms with Gasteiger partial charge in [0.15, 0.2) is 0 Å². The molecule has 3 rings (SSSR count). The van der Waals surface area contributed by atoms with E-state index in [1.54, 1.807) is 45.0 Å². The zero-order chi connectivity index (χ0) is 23.3. The number of rotatable bonds is 8. The lowest BCUT2D eigenvalue weighted by molar-refractivity contribution is -0.114. The van der Waals surface area contributed by atoms with Crippen LogP contribution in [0.15, 0.2) is 24.3 Å². The Labute approximate surface area is 192 Å². The average molecular weight is 459 g/mol. The van der Waals surface area contributed by atoms with Gasteiger partial charge in [0.25, 0.3) is 0 Å². The molecule has 0 saturated heterocycles. The topological polar surface area (TPSA) is 93.7 Å². The fourth-order valence-corrected chi connectivity index (χ4v) is 5.03. The van der Waals surface area contributed by atoms with Crippen molar-refractivity contribution in [2.24, 2.45) is 5.92 Å². The van der Waals surface area contributed by atoms with Crippen LogP contribution >= 0.6 is 11.3 Å². The number of thiophene rings is 1. The average Bonchev–Trinajstić information content (AvgIpc) is 3.09. The first-order chi connectivity index (χ1) is 15.3. The quantitative estimate of drug-likeness (QED) is 0.559. The fourth-order valence-electron chi connectivity index (χ4n) is 3.62. The fraction of sp³-hybridized carbons (Fsp3) is 0.458. The SMILES string of the molecule is CCOC(=O)c1c(NC(=O)CNc2ccc(C(=O)OC(C)C)cc2)sc2c1CCC(C)C2. The summed E-state index contributed by atoms with van der Waals surface area (Å²) in [5.74, 6) is -0.467. The number of esters is 2. The third kappa shape index (κ3) is 5.88. The van der Waals surface area contributed by atoms with Gasteiger partial charge in [-0.15, -0.1) is 11.3 Å². The summed E-state index contributed by atoms with van der Waals surface area (Å²) < 4.78 is 10.4. The van der Waals surface area contributed by atoms with E-state index in [9.17, 15) is 14.4 Å². The number of carbonyl (C=O) groups is 3. The van der Waals surface area contributed by atoms with Crippen molar-refractivity contribution in [3.8, 4) is 0 Å². The van der Waals surface area contributed by atoms with Crippen molar-refractivity contribution in [3.63, 3.8) is 0 Å². The van der Waals surface area contributed by atoms with Crippen molar-refractivity contribution >= 4 is 39.9 Å². The highest BCUT2D eigenvalue weighted by atomic mass is 32.1. The number of benzene rings is 1. The van der Waals surface area contributed by atoms with Crippen molar-refractivity contribution in [1.29, 1.82) is 0 Å². The molecule has 2 N–H and O–H groups in total. The van der Waals surface area contributed by atoms with Crippen molar-refractivity contribution in [1.82, 2.24) is 0 Å². The van der Waals surface area contributed by atoms with E-state index in [4.69, 9.17) is 9.47 Å². The van der Waals surface area contributed by atoms with Crippen LogP contribution in [-0.2, 0) is 27.1 Å². The third-order valence-electron chi connectivity index (χ3n) is 5.16. The maximum atomic E-state index is 12.6. The van der Waals surface area contributed by atoms with E-state index in [1.165, 1.54) is 11.3 Å². The zero-order valence-electron chi connectivity index (χ0n) is 18.9. The monoisotopic (exact) mass is 458 g/mol. The van der Waals surface area contributed by atoms with Gasteiger partial charge in [-0.1, -0.05) is 6.92 Å². The van der Waals surface area contributed by atoms with Crippen LogP contribution in [0.5, 0.6) is 0 Å². The standard InChI is InChI=1S/C24H30N2O5S/c1-5-30-24(29)21-18-11-6-15(4)12-19(18)32-22(21)26-20(27)13-25-17-9-7-16(8-10-17)23(28)31-14(2)3/h7-10,14-15,25H,5-6,11-13H2,1-4H3,(H,26,27). The van der Waals surface area contributed by atoms with Crippen molar-refractivity contribution < 1.29 is 23.9 Å². The van der Waals surface area contributed by atoms with E-state index in [0.29, 0.717) is 27.7 Å². The molecule has 1 amide bonds. The van der Waals surface area contributed by atoms with Crippen LogP contribution in [0.4, 0.5) is 10.7 Å². The van der Waals surface area contributed by atoms with E-state index in [0.717, 1.165) is 29.7 Å². The summed E-state index contributed by atoms with van der Waals surface area (Å²) in [4.78, 5) is 38.3. The van der Waals surface area contributed by atoms with E-state index in [2.05, 4.69) is 17.6 Å². The van der Waals surface area contributed by atoms with Gasteiger partial charge in [0, 0.05) is 10.6 Å². The molecular weight excluding hydrogens is 428 g/mol. The Hall–Kier alpha value is -2.87. The molecule has 0 fully saturated rings. The van der Waals surface area contributed by atoms with Crippen LogP contribution in [0.3, 0.4) is 0 Å². The van der Waals surface area contributed by atoms with Gasteiger partial charge in [0.1, 0.15) is 5.00 Å². The largest absolute Gasteiger partial charge is 0.462 e. The molecule has 0 bridgehead atoms. The highest BCUT2D eigenvalue weighted by Crippen LogP contribution is 2.40. The lowest BCUT2D eigenvalue weighted by atomic mass is 9.88. The van der Waals surface area contributed by atoms with Gasteiger partial charge in [-0.2, -0.15) is 0 Å². The molecular formula is C24H30N2O5S. The maximum absolute atomic E-state index is 12.6. The van der Waals surface area contributed by atoms with Crippen molar-refractivity contribution in [3.05, 3.63) is 45.8 Å². The molecule has 1 aliphatic rings. The summed E-state index contributed by atoms with van der Waals surface area (Å²) in [6.45, 7) is 7.87. The third-order valence-corrected chi connectivity index (χ3v) is 6.33. The first kappa shape index (κ1) is 23.8. The highest BCUT2D eigenvalue weighted by molar-refractivity contribution is 7.17. The first-order valence-corrected chi connectivity index (χ1v) is 11.8. The van der Waals surface area contributed by atoms with E-state index in [-0.39, 0.29) is 37.1 Å². The summed E-state index contributed by atoms with van der Waals surface area (Å²) in [7, 11) is 0. The molecule has 1 unspecified atom stereocenters. The molecule has 1 atom stereocenters. The number of ether oxygens (including phenoxy) is 2. The summed E-state index contributed by atoms with van der Waals surface area (Å²) in [6, 6.07) is 6.75. The van der Waals surface area contributed by atoms with Gasteiger partial charge in [-0.3, -0.25) is 4.79 Å². The molecule has 0 radical (unpaired) electrons. The summed E-state index contributed by atoms with van der Waals surface area (Å²) in [5.41, 5.74) is 2.66. The van der Waals surface area contributed by atoms with E-state index >= 15 is 0 Å². The Bertz CT molecular complexity index is 981. The molecule has 1 heterocycles. The molecule has 0 spiro atoms. The number of carbonyl (C=O) groups excluding carboxylic acids is 3. The minimum absolute atomic E-state index is 0.0248.